The first-order chi connectivity index (χ1) is 12.0. The molecule has 1 aromatic rings. The number of hydrogen-bond acceptors (Lipinski definition) is 6. The maximum absolute atomic E-state index is 12.8. The minimum absolute atomic E-state index is 0.0306. The summed E-state index contributed by atoms with van der Waals surface area (Å²) in [6, 6.07) is -0.0306. The quantitative estimate of drug-likeness (QED) is 0.838. The van der Waals surface area contributed by atoms with E-state index in [0.29, 0.717) is 30.2 Å². The fourth-order valence-corrected chi connectivity index (χ4v) is 4.16. The molecule has 1 N–H and O–H groups in total. The Bertz CT molecular complexity index is 580. The Labute approximate surface area is 150 Å². The van der Waals surface area contributed by atoms with Crippen LogP contribution in [0.15, 0.2) is 4.42 Å². The molecule has 1 aromatic heterocycles. The van der Waals surface area contributed by atoms with Gasteiger partial charge in [0.2, 0.25) is 17.7 Å². The van der Waals surface area contributed by atoms with Gasteiger partial charge in [-0.25, -0.2) is 0 Å². The van der Waals surface area contributed by atoms with Crippen molar-refractivity contribution in [3.05, 3.63) is 11.8 Å². The van der Waals surface area contributed by atoms with Crippen LogP contribution in [0.3, 0.4) is 0 Å². The van der Waals surface area contributed by atoms with E-state index in [1.165, 1.54) is 12.8 Å². The van der Waals surface area contributed by atoms with Crippen LogP contribution in [-0.2, 0) is 17.8 Å². The standard InChI is InChI=1S/C18H31N5O2/c1-4-8-23-13-18(6-9-22(3)10-7-18)11-14(23)17(24)19-12-16-21-20-15(5-2)25-16/h14H,4-13H2,1-3H3,(H,19,24)/t14-/m1/s1. The van der Waals surface area contributed by atoms with Crippen LogP contribution in [0.1, 0.15) is 51.3 Å². The predicted octanol–water partition coefficient (Wildman–Crippen LogP) is 1.44. The van der Waals surface area contributed by atoms with Gasteiger partial charge in [0.15, 0.2) is 0 Å². The highest BCUT2D eigenvalue weighted by Gasteiger charge is 2.47. The molecule has 0 bridgehead atoms. The first-order valence-electron chi connectivity index (χ1n) is 9.57. The average Bonchev–Trinajstić information content (AvgIpc) is 3.21. The number of nitrogens with zero attached hydrogens (tertiary/aromatic N) is 4. The van der Waals surface area contributed by atoms with Crippen molar-refractivity contribution in [3.63, 3.8) is 0 Å². The molecule has 1 amide bonds. The van der Waals surface area contributed by atoms with Crippen LogP contribution in [0.5, 0.6) is 0 Å². The lowest BCUT2D eigenvalue weighted by atomic mass is 9.76. The number of rotatable bonds is 6. The number of hydrogen-bond donors (Lipinski definition) is 1. The van der Waals surface area contributed by atoms with E-state index in [1.54, 1.807) is 0 Å². The first-order valence-corrected chi connectivity index (χ1v) is 9.57. The highest BCUT2D eigenvalue weighted by atomic mass is 16.4. The molecular weight excluding hydrogens is 318 g/mol. The smallest absolute Gasteiger partial charge is 0.237 e. The van der Waals surface area contributed by atoms with Gasteiger partial charge in [-0.05, 0) is 57.8 Å². The highest BCUT2D eigenvalue weighted by molar-refractivity contribution is 5.82. The lowest BCUT2D eigenvalue weighted by Crippen LogP contribution is -2.43. The van der Waals surface area contributed by atoms with E-state index in [9.17, 15) is 4.79 Å². The highest BCUT2D eigenvalue weighted by Crippen LogP contribution is 2.43. The molecule has 1 spiro atoms. The van der Waals surface area contributed by atoms with Crippen molar-refractivity contribution in [2.75, 3.05) is 33.2 Å². The topological polar surface area (TPSA) is 74.5 Å². The van der Waals surface area contributed by atoms with Crippen LogP contribution < -0.4 is 5.32 Å². The molecule has 3 heterocycles. The molecule has 2 fully saturated rings. The van der Waals surface area contributed by atoms with Crippen LogP contribution >= 0.6 is 0 Å². The van der Waals surface area contributed by atoms with Crippen molar-refractivity contribution >= 4 is 5.91 Å². The minimum Gasteiger partial charge on any atom is -0.423 e. The summed E-state index contributed by atoms with van der Waals surface area (Å²) in [5, 5.41) is 10.9. The zero-order valence-electron chi connectivity index (χ0n) is 15.8. The van der Waals surface area contributed by atoms with Crippen LogP contribution in [0, 0.1) is 5.41 Å². The number of aromatic nitrogens is 2. The van der Waals surface area contributed by atoms with Crippen molar-refractivity contribution < 1.29 is 9.21 Å². The second-order valence-electron chi connectivity index (χ2n) is 7.65. The fourth-order valence-electron chi connectivity index (χ4n) is 4.16. The van der Waals surface area contributed by atoms with E-state index in [1.807, 2.05) is 6.92 Å². The summed E-state index contributed by atoms with van der Waals surface area (Å²) in [5.41, 5.74) is 0.309. The normalized spacial score (nSPS) is 24.0. The lowest BCUT2D eigenvalue weighted by molar-refractivity contribution is -0.125. The van der Waals surface area contributed by atoms with Gasteiger partial charge in [-0.1, -0.05) is 13.8 Å². The van der Waals surface area contributed by atoms with Crippen LogP contribution in [0.2, 0.25) is 0 Å². The zero-order chi connectivity index (χ0) is 17.9. The number of amides is 1. The van der Waals surface area contributed by atoms with Gasteiger partial charge in [0.25, 0.3) is 0 Å². The SMILES string of the molecule is CCCN1CC2(CCN(C)CC2)C[C@@H]1C(=O)NCc1nnc(CC)o1. The molecule has 140 valence electrons. The largest absolute Gasteiger partial charge is 0.423 e. The van der Waals surface area contributed by atoms with E-state index in [0.717, 1.165) is 39.0 Å². The summed E-state index contributed by atoms with van der Waals surface area (Å²) in [5.74, 6) is 1.20. The molecule has 0 saturated carbocycles. The number of aryl methyl sites for hydroxylation is 1. The number of carbonyl (C=O) groups is 1. The molecule has 0 aliphatic carbocycles. The van der Waals surface area contributed by atoms with Gasteiger partial charge in [0, 0.05) is 13.0 Å². The molecule has 7 nitrogen and oxygen atoms in total. The van der Waals surface area contributed by atoms with Crippen LogP contribution in [0.25, 0.3) is 0 Å². The Kier molecular flexibility index (Phi) is 5.74. The first kappa shape index (κ1) is 18.3. The van der Waals surface area contributed by atoms with Crippen molar-refractivity contribution in [3.8, 4) is 0 Å². The molecule has 25 heavy (non-hydrogen) atoms. The molecule has 3 rings (SSSR count). The second-order valence-corrected chi connectivity index (χ2v) is 7.65. The molecule has 0 radical (unpaired) electrons. The molecule has 2 aliphatic rings. The van der Waals surface area contributed by atoms with Crippen LogP contribution in [0.4, 0.5) is 0 Å². The summed E-state index contributed by atoms with van der Waals surface area (Å²) in [7, 11) is 2.19. The van der Waals surface area contributed by atoms with Crippen molar-refractivity contribution in [2.24, 2.45) is 5.41 Å². The van der Waals surface area contributed by atoms with E-state index < -0.39 is 0 Å². The number of nitrogens with one attached hydrogen (secondary N) is 1. The Morgan fingerprint density at radius 3 is 2.64 bits per heavy atom. The summed E-state index contributed by atoms with van der Waals surface area (Å²) < 4.78 is 5.49. The molecule has 2 aliphatic heterocycles. The molecule has 0 aromatic carbocycles. The number of likely N-dealkylation sites (tertiary alicyclic amines) is 2. The maximum Gasteiger partial charge on any atom is 0.237 e. The van der Waals surface area contributed by atoms with Gasteiger partial charge >= 0.3 is 0 Å². The number of carbonyl (C=O) groups excluding carboxylic acids is 1. The Balaban J connectivity index is 1.60. The van der Waals surface area contributed by atoms with Gasteiger partial charge in [0.1, 0.15) is 0 Å². The van der Waals surface area contributed by atoms with Crippen LogP contribution in [-0.4, -0.2) is 65.2 Å². The predicted molar refractivity (Wildman–Crippen MR) is 95.0 cm³/mol. The van der Waals surface area contributed by atoms with Crippen molar-refractivity contribution in [1.82, 2.24) is 25.3 Å². The van der Waals surface area contributed by atoms with Gasteiger partial charge in [-0.3, -0.25) is 9.69 Å². The van der Waals surface area contributed by atoms with Crippen molar-refractivity contribution in [2.45, 2.75) is 58.5 Å². The Morgan fingerprint density at radius 2 is 2.00 bits per heavy atom. The van der Waals surface area contributed by atoms with Gasteiger partial charge in [-0.15, -0.1) is 10.2 Å². The Hall–Kier alpha value is -1.47. The third kappa shape index (κ3) is 4.20. The lowest BCUT2D eigenvalue weighted by Gasteiger charge is -2.37. The van der Waals surface area contributed by atoms with E-state index in [-0.39, 0.29) is 11.9 Å². The zero-order valence-corrected chi connectivity index (χ0v) is 15.8. The fraction of sp³-hybridized carbons (Fsp3) is 0.833. The third-order valence-corrected chi connectivity index (χ3v) is 5.69. The van der Waals surface area contributed by atoms with E-state index in [2.05, 4.69) is 39.3 Å². The van der Waals surface area contributed by atoms with E-state index >= 15 is 0 Å². The summed E-state index contributed by atoms with van der Waals surface area (Å²) in [4.78, 5) is 17.6. The second kappa shape index (κ2) is 7.83. The number of piperidine rings is 1. The minimum atomic E-state index is -0.0306. The summed E-state index contributed by atoms with van der Waals surface area (Å²) in [6.45, 7) is 8.77. The monoisotopic (exact) mass is 349 g/mol. The van der Waals surface area contributed by atoms with Gasteiger partial charge < -0.3 is 14.6 Å². The van der Waals surface area contributed by atoms with Gasteiger partial charge in [0.05, 0.1) is 12.6 Å². The van der Waals surface area contributed by atoms with Gasteiger partial charge in [-0.2, -0.15) is 0 Å². The molecule has 1 atom stereocenters. The molecular formula is C18H31N5O2. The van der Waals surface area contributed by atoms with Crippen molar-refractivity contribution in [1.29, 1.82) is 0 Å². The molecule has 0 unspecified atom stereocenters. The molecule has 2 saturated heterocycles. The molecule has 7 heteroatoms. The average molecular weight is 349 g/mol. The summed E-state index contributed by atoms with van der Waals surface area (Å²) in [6.07, 6.45) is 5.14. The summed E-state index contributed by atoms with van der Waals surface area (Å²) >= 11 is 0. The maximum atomic E-state index is 12.8. The Morgan fingerprint density at radius 1 is 1.28 bits per heavy atom. The third-order valence-electron chi connectivity index (χ3n) is 5.69. The van der Waals surface area contributed by atoms with E-state index in [4.69, 9.17) is 4.42 Å².